The monoisotopic (exact) mass is 252 g/mol. The Kier molecular flexibility index (Phi) is 6.45. The van der Waals surface area contributed by atoms with E-state index < -0.39 is 5.97 Å². The summed E-state index contributed by atoms with van der Waals surface area (Å²) in [6.45, 7) is 10.1. The predicted octanol–water partition coefficient (Wildman–Crippen LogP) is 3.87. The van der Waals surface area contributed by atoms with E-state index in [1.165, 1.54) is 0 Å². The summed E-state index contributed by atoms with van der Waals surface area (Å²) in [5, 5.41) is 17.5. The van der Waals surface area contributed by atoms with Crippen LogP contribution in [0.15, 0.2) is 18.2 Å². The summed E-state index contributed by atoms with van der Waals surface area (Å²) in [6, 6.07) is 5.82. The molecule has 1 rings (SSSR count). The molecule has 0 spiro atoms. The van der Waals surface area contributed by atoms with Gasteiger partial charge in [0, 0.05) is 6.42 Å². The first-order valence-electron chi connectivity index (χ1n) is 6.20. The minimum atomic E-state index is -0.711. The molecule has 102 valence electrons. The van der Waals surface area contributed by atoms with Crippen LogP contribution in [0, 0.1) is 6.92 Å². The van der Waals surface area contributed by atoms with Crippen LogP contribution < -0.4 is 0 Å². The van der Waals surface area contributed by atoms with Gasteiger partial charge < -0.3 is 10.2 Å². The van der Waals surface area contributed by atoms with E-state index in [9.17, 15) is 9.90 Å². The average Bonchev–Trinajstić information content (AvgIpc) is 2.15. The third kappa shape index (κ3) is 6.28. The second-order valence-corrected chi connectivity index (χ2v) is 5.41. The normalized spacial score (nSPS) is 10.5. The van der Waals surface area contributed by atoms with Gasteiger partial charge in [-0.25, -0.2) is 0 Å². The zero-order valence-electron chi connectivity index (χ0n) is 11.9. The molecule has 0 atom stereocenters. The summed E-state index contributed by atoms with van der Waals surface area (Å²) in [7, 11) is 0. The molecule has 1 aromatic carbocycles. The van der Waals surface area contributed by atoms with Crippen molar-refractivity contribution in [1.82, 2.24) is 0 Å². The van der Waals surface area contributed by atoms with Crippen LogP contribution in [-0.2, 0) is 10.2 Å². The van der Waals surface area contributed by atoms with Gasteiger partial charge in [0.15, 0.2) is 0 Å². The summed E-state index contributed by atoms with van der Waals surface area (Å²) < 4.78 is 0. The van der Waals surface area contributed by atoms with Crippen molar-refractivity contribution >= 4 is 5.97 Å². The molecule has 0 fully saturated rings. The molecule has 0 aliphatic carbocycles. The fraction of sp³-hybridized carbons (Fsp3) is 0.533. The van der Waals surface area contributed by atoms with Crippen LogP contribution >= 0.6 is 0 Å². The minimum absolute atomic E-state index is 0.0256. The number of aryl methyl sites for hydroxylation is 1. The standard InChI is InChI=1S/C11H16O.C4H8O2/c1-8-5-6-9(10(12)7-8)11(2,3)4;1-2-3-4(5)6/h5-7,12H,1-4H3;2-3H2,1H3,(H,5,6). The Bertz CT molecular complexity index is 389. The molecule has 0 aromatic heterocycles. The molecule has 0 bridgehead atoms. The average molecular weight is 252 g/mol. The summed E-state index contributed by atoms with van der Waals surface area (Å²) in [4.78, 5) is 9.60. The number of aromatic hydroxyl groups is 1. The number of phenols is 1. The topological polar surface area (TPSA) is 57.5 Å². The lowest BCUT2D eigenvalue weighted by molar-refractivity contribution is -0.137. The maximum atomic E-state index is 9.63. The quantitative estimate of drug-likeness (QED) is 0.840. The fourth-order valence-electron chi connectivity index (χ4n) is 1.49. The number of carboxylic acid groups (broad SMARTS) is 1. The van der Waals surface area contributed by atoms with Crippen molar-refractivity contribution in [3.63, 3.8) is 0 Å². The van der Waals surface area contributed by atoms with Gasteiger partial charge in [0.1, 0.15) is 5.75 Å². The first kappa shape index (κ1) is 16.5. The smallest absolute Gasteiger partial charge is 0.303 e. The van der Waals surface area contributed by atoms with Crippen LogP contribution in [0.3, 0.4) is 0 Å². The lowest BCUT2D eigenvalue weighted by atomic mass is 9.86. The van der Waals surface area contributed by atoms with E-state index in [4.69, 9.17) is 5.11 Å². The summed E-state index contributed by atoms with van der Waals surface area (Å²) in [5.74, 6) is -0.306. The molecular formula is C15H24O3. The number of benzene rings is 1. The van der Waals surface area contributed by atoms with Crippen molar-refractivity contribution in [3.8, 4) is 5.75 Å². The highest BCUT2D eigenvalue weighted by atomic mass is 16.4. The van der Waals surface area contributed by atoms with Crippen LogP contribution in [0.25, 0.3) is 0 Å². The molecule has 2 N–H and O–H groups in total. The third-order valence-corrected chi connectivity index (χ3v) is 2.43. The Hall–Kier alpha value is -1.51. The molecule has 3 nitrogen and oxygen atoms in total. The molecule has 0 heterocycles. The molecule has 3 heteroatoms. The number of rotatable bonds is 2. The van der Waals surface area contributed by atoms with Crippen molar-refractivity contribution in [1.29, 1.82) is 0 Å². The summed E-state index contributed by atoms with van der Waals surface area (Å²) in [6.07, 6.45) is 1.02. The Morgan fingerprint density at radius 2 is 1.83 bits per heavy atom. The van der Waals surface area contributed by atoms with Gasteiger partial charge in [0.2, 0.25) is 0 Å². The Labute approximate surface area is 109 Å². The van der Waals surface area contributed by atoms with Crippen LogP contribution in [0.5, 0.6) is 5.75 Å². The number of carbonyl (C=O) groups is 1. The van der Waals surface area contributed by atoms with Crippen molar-refractivity contribution < 1.29 is 15.0 Å². The molecule has 18 heavy (non-hydrogen) atoms. The van der Waals surface area contributed by atoms with Crippen LogP contribution in [-0.4, -0.2) is 16.2 Å². The number of aliphatic carboxylic acids is 1. The lowest BCUT2D eigenvalue weighted by Gasteiger charge is -2.20. The van der Waals surface area contributed by atoms with Crippen molar-refractivity contribution in [2.75, 3.05) is 0 Å². The molecule has 0 radical (unpaired) electrons. The zero-order chi connectivity index (χ0) is 14.3. The number of phenolic OH excluding ortho intramolecular Hbond substituents is 1. The van der Waals surface area contributed by atoms with Crippen molar-refractivity contribution in [3.05, 3.63) is 29.3 Å². The van der Waals surface area contributed by atoms with E-state index in [0.29, 0.717) is 12.2 Å². The third-order valence-electron chi connectivity index (χ3n) is 2.43. The van der Waals surface area contributed by atoms with E-state index in [2.05, 4.69) is 20.8 Å². The molecule has 0 saturated heterocycles. The fourth-order valence-corrected chi connectivity index (χ4v) is 1.49. The predicted molar refractivity (Wildman–Crippen MR) is 74.1 cm³/mol. The van der Waals surface area contributed by atoms with E-state index in [0.717, 1.165) is 17.5 Å². The second kappa shape index (κ2) is 7.04. The first-order valence-corrected chi connectivity index (χ1v) is 6.20. The van der Waals surface area contributed by atoms with E-state index >= 15 is 0 Å². The zero-order valence-corrected chi connectivity index (χ0v) is 11.9. The largest absolute Gasteiger partial charge is 0.508 e. The maximum Gasteiger partial charge on any atom is 0.303 e. The number of hydrogen-bond donors (Lipinski definition) is 2. The molecule has 0 aliphatic rings. The summed E-state index contributed by atoms with van der Waals surface area (Å²) >= 11 is 0. The highest BCUT2D eigenvalue weighted by Gasteiger charge is 2.17. The molecule has 1 aromatic rings. The van der Waals surface area contributed by atoms with Crippen LogP contribution in [0.4, 0.5) is 0 Å². The Morgan fingerprint density at radius 1 is 1.28 bits per heavy atom. The molecule has 0 saturated carbocycles. The van der Waals surface area contributed by atoms with Crippen LogP contribution in [0.1, 0.15) is 51.7 Å². The molecule has 0 aliphatic heterocycles. The lowest BCUT2D eigenvalue weighted by Crippen LogP contribution is -2.11. The van der Waals surface area contributed by atoms with E-state index in [1.807, 2.05) is 26.0 Å². The van der Waals surface area contributed by atoms with Gasteiger partial charge in [-0.3, -0.25) is 4.79 Å². The van der Waals surface area contributed by atoms with Gasteiger partial charge in [-0.15, -0.1) is 0 Å². The van der Waals surface area contributed by atoms with Crippen molar-refractivity contribution in [2.45, 2.75) is 52.9 Å². The van der Waals surface area contributed by atoms with Gasteiger partial charge in [-0.2, -0.15) is 0 Å². The van der Waals surface area contributed by atoms with E-state index in [-0.39, 0.29) is 5.41 Å². The maximum absolute atomic E-state index is 9.63. The Morgan fingerprint density at radius 3 is 2.11 bits per heavy atom. The Balaban J connectivity index is 0.000000411. The summed E-state index contributed by atoms with van der Waals surface area (Å²) in [5.41, 5.74) is 2.13. The van der Waals surface area contributed by atoms with Gasteiger partial charge in [-0.05, 0) is 36.0 Å². The van der Waals surface area contributed by atoms with Crippen molar-refractivity contribution in [2.24, 2.45) is 0 Å². The van der Waals surface area contributed by atoms with Crippen LogP contribution in [0.2, 0.25) is 0 Å². The number of carboxylic acids is 1. The highest BCUT2D eigenvalue weighted by Crippen LogP contribution is 2.30. The number of hydrogen-bond acceptors (Lipinski definition) is 2. The van der Waals surface area contributed by atoms with E-state index in [1.54, 1.807) is 6.07 Å². The SMILES string of the molecule is CCCC(=O)O.Cc1ccc(C(C)(C)C)c(O)c1. The van der Waals surface area contributed by atoms with Gasteiger partial charge in [-0.1, -0.05) is 39.8 Å². The van der Waals surface area contributed by atoms with Gasteiger partial charge >= 0.3 is 5.97 Å². The second-order valence-electron chi connectivity index (χ2n) is 5.41. The molecule has 0 unspecified atom stereocenters. The first-order chi connectivity index (χ1) is 8.18. The van der Waals surface area contributed by atoms with Gasteiger partial charge in [0.25, 0.3) is 0 Å². The highest BCUT2D eigenvalue weighted by molar-refractivity contribution is 5.66. The minimum Gasteiger partial charge on any atom is -0.508 e. The van der Waals surface area contributed by atoms with Gasteiger partial charge in [0.05, 0.1) is 0 Å². The molecule has 0 amide bonds. The molecular weight excluding hydrogens is 228 g/mol.